The van der Waals surface area contributed by atoms with E-state index >= 15 is 0 Å². The van der Waals surface area contributed by atoms with E-state index in [1.165, 1.54) is 12.1 Å². The van der Waals surface area contributed by atoms with Crippen molar-refractivity contribution in [2.24, 2.45) is 0 Å². The number of hydrogen-bond acceptors (Lipinski definition) is 4. The third-order valence-electron chi connectivity index (χ3n) is 4.42. The van der Waals surface area contributed by atoms with Gasteiger partial charge in [0.1, 0.15) is 5.82 Å². The zero-order valence-corrected chi connectivity index (χ0v) is 15.3. The van der Waals surface area contributed by atoms with Gasteiger partial charge in [0, 0.05) is 25.2 Å². The number of benzene rings is 1. The van der Waals surface area contributed by atoms with Gasteiger partial charge in [-0.15, -0.1) is 0 Å². The topological polar surface area (TPSA) is 57.7 Å². The summed E-state index contributed by atoms with van der Waals surface area (Å²) in [7, 11) is -3.05. The van der Waals surface area contributed by atoms with E-state index < -0.39 is 15.4 Å². The van der Waals surface area contributed by atoms with Crippen molar-refractivity contribution in [1.29, 1.82) is 0 Å². The lowest BCUT2D eigenvalue weighted by Crippen LogP contribution is -2.58. The van der Waals surface area contributed by atoms with Crippen LogP contribution in [0.3, 0.4) is 0 Å². The van der Waals surface area contributed by atoms with Crippen LogP contribution >= 0.6 is 0 Å². The minimum absolute atomic E-state index is 0.0588. The number of rotatable bonds is 5. The van der Waals surface area contributed by atoms with Gasteiger partial charge in [-0.25, -0.2) is 12.8 Å². The first-order valence-corrected chi connectivity index (χ1v) is 9.93. The van der Waals surface area contributed by atoms with Crippen LogP contribution in [-0.4, -0.2) is 60.8 Å². The van der Waals surface area contributed by atoms with E-state index in [-0.39, 0.29) is 29.8 Å². The molecule has 0 spiro atoms. The van der Waals surface area contributed by atoms with Crippen molar-refractivity contribution >= 4 is 15.7 Å². The molecule has 1 saturated heterocycles. The molecular formula is C17H25FN2O3S. The van der Waals surface area contributed by atoms with Crippen LogP contribution in [-0.2, 0) is 21.2 Å². The van der Waals surface area contributed by atoms with Gasteiger partial charge in [-0.1, -0.05) is 12.1 Å². The molecule has 0 bridgehead atoms. The first-order chi connectivity index (χ1) is 11.1. The van der Waals surface area contributed by atoms with Gasteiger partial charge in [0.15, 0.2) is 9.84 Å². The fourth-order valence-corrected chi connectivity index (χ4v) is 4.94. The van der Waals surface area contributed by atoms with E-state index in [1.807, 2.05) is 25.7 Å². The maximum atomic E-state index is 13.3. The summed E-state index contributed by atoms with van der Waals surface area (Å²) in [5, 5.41) is 0. The molecule has 1 aliphatic heterocycles. The molecule has 1 fully saturated rings. The van der Waals surface area contributed by atoms with E-state index in [9.17, 15) is 17.6 Å². The SMILES string of the molecule is CCN(Cc1cccc(F)c1)C(=O)CN1CCS(=O)(=O)CC1(C)C. The van der Waals surface area contributed by atoms with E-state index in [4.69, 9.17) is 0 Å². The third-order valence-corrected chi connectivity index (χ3v) is 6.38. The standard InChI is InChI=1S/C17H25FN2O3S/c1-4-19(11-14-6-5-7-15(18)10-14)16(21)12-20-8-9-24(22,23)13-17(20,2)3/h5-7,10H,4,8-9,11-13H2,1-3H3. The van der Waals surface area contributed by atoms with Crippen LogP contribution in [0.1, 0.15) is 26.3 Å². The predicted octanol–water partition coefficient (Wildman–Crippen LogP) is 1.68. The molecule has 7 heteroatoms. The van der Waals surface area contributed by atoms with E-state index in [0.717, 1.165) is 5.56 Å². The molecule has 1 heterocycles. The van der Waals surface area contributed by atoms with Crippen LogP contribution in [0.25, 0.3) is 0 Å². The molecule has 1 aliphatic rings. The van der Waals surface area contributed by atoms with Crippen molar-refractivity contribution in [3.05, 3.63) is 35.6 Å². The summed E-state index contributed by atoms with van der Waals surface area (Å²) >= 11 is 0. The molecule has 1 aromatic carbocycles. The van der Waals surface area contributed by atoms with Crippen molar-refractivity contribution in [3.63, 3.8) is 0 Å². The molecule has 0 aromatic heterocycles. The maximum Gasteiger partial charge on any atom is 0.237 e. The van der Waals surface area contributed by atoms with E-state index in [0.29, 0.717) is 19.6 Å². The summed E-state index contributed by atoms with van der Waals surface area (Å²) in [5.74, 6) is -0.254. The molecule has 0 N–H and O–H groups in total. The number of nitrogens with zero attached hydrogens (tertiary/aromatic N) is 2. The predicted molar refractivity (Wildman–Crippen MR) is 91.8 cm³/mol. The van der Waals surface area contributed by atoms with Crippen molar-refractivity contribution < 1.29 is 17.6 Å². The summed E-state index contributed by atoms with van der Waals surface area (Å²) < 4.78 is 36.9. The summed E-state index contributed by atoms with van der Waals surface area (Å²) in [6.07, 6.45) is 0. The fourth-order valence-electron chi connectivity index (χ4n) is 3.04. The molecule has 1 aromatic rings. The molecule has 0 saturated carbocycles. The second-order valence-corrected chi connectivity index (χ2v) is 9.05. The van der Waals surface area contributed by atoms with Crippen LogP contribution in [0.2, 0.25) is 0 Å². The largest absolute Gasteiger partial charge is 0.338 e. The smallest absolute Gasteiger partial charge is 0.237 e. The van der Waals surface area contributed by atoms with Crippen molar-refractivity contribution in [1.82, 2.24) is 9.80 Å². The molecule has 0 unspecified atom stereocenters. The summed E-state index contributed by atoms with van der Waals surface area (Å²) in [4.78, 5) is 16.2. The van der Waals surface area contributed by atoms with Crippen LogP contribution in [0, 0.1) is 5.82 Å². The second-order valence-electron chi connectivity index (χ2n) is 6.86. The summed E-state index contributed by atoms with van der Waals surface area (Å²) in [6.45, 7) is 6.97. The normalized spacial score (nSPS) is 19.8. The van der Waals surface area contributed by atoms with Gasteiger partial charge >= 0.3 is 0 Å². The van der Waals surface area contributed by atoms with Crippen molar-refractivity contribution in [3.8, 4) is 0 Å². The van der Waals surface area contributed by atoms with Crippen molar-refractivity contribution in [2.75, 3.05) is 31.1 Å². The molecule has 134 valence electrons. The Balaban J connectivity index is 2.04. The monoisotopic (exact) mass is 356 g/mol. The maximum absolute atomic E-state index is 13.3. The van der Waals surface area contributed by atoms with Crippen LogP contribution < -0.4 is 0 Å². The molecule has 0 aliphatic carbocycles. The highest BCUT2D eigenvalue weighted by atomic mass is 32.2. The summed E-state index contributed by atoms with van der Waals surface area (Å²) in [5.41, 5.74) is 0.177. The first kappa shape index (κ1) is 18.9. The minimum atomic E-state index is -3.05. The number of sulfone groups is 1. The fraction of sp³-hybridized carbons (Fsp3) is 0.588. The average Bonchev–Trinajstić information content (AvgIpc) is 2.46. The number of amides is 1. The van der Waals surface area contributed by atoms with Gasteiger partial charge in [-0.2, -0.15) is 0 Å². The van der Waals surface area contributed by atoms with Gasteiger partial charge in [0.25, 0.3) is 0 Å². The van der Waals surface area contributed by atoms with Crippen LogP contribution in [0.15, 0.2) is 24.3 Å². The van der Waals surface area contributed by atoms with E-state index in [2.05, 4.69) is 0 Å². The number of hydrogen-bond donors (Lipinski definition) is 0. The second kappa shape index (κ2) is 7.19. The number of likely N-dealkylation sites (N-methyl/N-ethyl adjacent to an activating group) is 1. The highest BCUT2D eigenvalue weighted by molar-refractivity contribution is 7.91. The van der Waals surface area contributed by atoms with Gasteiger partial charge in [0.2, 0.25) is 5.91 Å². The Morgan fingerprint density at radius 3 is 2.67 bits per heavy atom. The molecule has 2 rings (SSSR count). The number of carbonyl (C=O) groups is 1. The van der Waals surface area contributed by atoms with Crippen LogP contribution in [0.4, 0.5) is 4.39 Å². The number of carbonyl (C=O) groups excluding carboxylic acids is 1. The Hall–Kier alpha value is -1.47. The Morgan fingerprint density at radius 2 is 2.08 bits per heavy atom. The lowest BCUT2D eigenvalue weighted by molar-refractivity contribution is -0.134. The summed E-state index contributed by atoms with van der Waals surface area (Å²) in [6, 6.07) is 6.21. The quantitative estimate of drug-likeness (QED) is 0.806. The van der Waals surface area contributed by atoms with E-state index in [1.54, 1.807) is 17.0 Å². The van der Waals surface area contributed by atoms with Gasteiger partial charge in [-0.3, -0.25) is 9.69 Å². The Kier molecular flexibility index (Phi) is 5.65. The van der Waals surface area contributed by atoms with Gasteiger partial charge < -0.3 is 4.90 Å². The van der Waals surface area contributed by atoms with Crippen molar-refractivity contribution in [2.45, 2.75) is 32.9 Å². The first-order valence-electron chi connectivity index (χ1n) is 8.11. The van der Waals surface area contributed by atoms with Crippen LogP contribution in [0.5, 0.6) is 0 Å². The zero-order chi connectivity index (χ0) is 18.0. The minimum Gasteiger partial charge on any atom is -0.338 e. The molecular weight excluding hydrogens is 331 g/mol. The Morgan fingerprint density at radius 1 is 1.38 bits per heavy atom. The molecule has 0 radical (unpaired) electrons. The Bertz CT molecular complexity index is 704. The van der Waals surface area contributed by atoms with Gasteiger partial charge in [0.05, 0.1) is 18.1 Å². The molecule has 24 heavy (non-hydrogen) atoms. The third kappa shape index (κ3) is 4.77. The Labute approximate surface area is 143 Å². The molecule has 0 atom stereocenters. The average molecular weight is 356 g/mol. The highest BCUT2D eigenvalue weighted by Gasteiger charge is 2.38. The zero-order valence-electron chi connectivity index (χ0n) is 14.5. The lowest BCUT2D eigenvalue weighted by atomic mass is 10.1. The molecule has 1 amide bonds. The number of halogens is 1. The van der Waals surface area contributed by atoms with Gasteiger partial charge in [-0.05, 0) is 38.5 Å². The molecule has 5 nitrogen and oxygen atoms in total. The highest BCUT2D eigenvalue weighted by Crippen LogP contribution is 2.22. The lowest BCUT2D eigenvalue weighted by Gasteiger charge is -2.42.